The van der Waals surface area contributed by atoms with Crippen molar-refractivity contribution in [3.8, 4) is 0 Å². The molecule has 0 amide bonds. The van der Waals surface area contributed by atoms with Crippen molar-refractivity contribution >= 4 is 73.3 Å². The molecule has 10 heteroatoms. The van der Waals surface area contributed by atoms with Crippen LogP contribution < -0.4 is 0 Å². The Morgan fingerprint density at radius 1 is 1.05 bits per heavy atom. The molecule has 20 heavy (non-hydrogen) atoms. The molecule has 2 nitrogen and oxygen atoms in total. The van der Waals surface area contributed by atoms with Gasteiger partial charge in [0.1, 0.15) is 0 Å². The van der Waals surface area contributed by atoms with Gasteiger partial charge >= 0.3 is 42.6 Å². The summed E-state index contributed by atoms with van der Waals surface area (Å²) in [5, 5.41) is 17.2. The average Bonchev–Trinajstić information content (AvgIpc) is 2.27. The van der Waals surface area contributed by atoms with Crippen molar-refractivity contribution in [3.63, 3.8) is 0 Å². The van der Waals surface area contributed by atoms with Crippen LogP contribution in [0.2, 0.25) is 0 Å². The first-order valence-corrected chi connectivity index (χ1v) is 16.4. The molecule has 0 bridgehead atoms. The zero-order valence-electron chi connectivity index (χ0n) is 11.7. The predicted molar refractivity (Wildman–Crippen MR) is 105 cm³/mol. The Balaban J connectivity index is -0.000000102. The van der Waals surface area contributed by atoms with Crippen molar-refractivity contribution in [2.45, 2.75) is 47.2 Å². The molecule has 1 radical (unpaired) electrons. The third kappa shape index (κ3) is 29.1. The van der Waals surface area contributed by atoms with Crippen molar-refractivity contribution in [1.29, 1.82) is 0 Å². The molecule has 1 unspecified atom stereocenters. The van der Waals surface area contributed by atoms with Crippen LogP contribution >= 0.6 is 66.9 Å². The zero-order chi connectivity index (χ0) is 16.3. The van der Waals surface area contributed by atoms with Gasteiger partial charge in [0.05, 0.1) is 6.61 Å². The third-order valence-electron chi connectivity index (χ3n) is 1.53. The van der Waals surface area contributed by atoms with E-state index in [0.29, 0.717) is 0 Å². The zero-order valence-corrected chi connectivity index (χ0v) is 19.4. The van der Waals surface area contributed by atoms with E-state index in [2.05, 4.69) is 22.0 Å². The van der Waals surface area contributed by atoms with E-state index in [9.17, 15) is 0 Å². The van der Waals surface area contributed by atoms with E-state index in [1.54, 1.807) is 6.41 Å². The maximum atomic E-state index is 8.83. The van der Waals surface area contributed by atoms with Crippen LogP contribution in [0.15, 0.2) is 0 Å². The second kappa shape index (κ2) is 16.9. The van der Waals surface area contributed by atoms with Crippen LogP contribution in [0.4, 0.5) is 0 Å². The predicted octanol–water partition coefficient (Wildman–Crippen LogP) is 6.09. The number of hydrogen-bond acceptors (Lipinski definition) is 2. The van der Waals surface area contributed by atoms with E-state index in [1.807, 2.05) is 34.6 Å². The fourth-order valence-electron chi connectivity index (χ4n) is 0.200. The maximum absolute atomic E-state index is 8.83. The van der Waals surface area contributed by atoms with Gasteiger partial charge in [-0.2, -0.15) is 11.5 Å². The van der Waals surface area contributed by atoms with Crippen LogP contribution in [0.25, 0.3) is 0 Å². The van der Waals surface area contributed by atoms with E-state index in [1.165, 1.54) is 0 Å². The van der Waals surface area contributed by atoms with Crippen molar-refractivity contribution in [2.24, 2.45) is 5.41 Å². The molecule has 0 saturated heterocycles. The molecule has 1 atom stereocenters. The van der Waals surface area contributed by atoms with Gasteiger partial charge in [-0.15, -0.1) is 0 Å². The van der Waals surface area contributed by atoms with Gasteiger partial charge in [-0.05, 0) is 5.41 Å². The van der Waals surface area contributed by atoms with E-state index < -0.39 is 14.7 Å². The summed E-state index contributed by atoms with van der Waals surface area (Å²) in [6.45, 7) is 10.5. The van der Waals surface area contributed by atoms with Gasteiger partial charge < -0.3 is 10.2 Å². The van der Waals surface area contributed by atoms with Gasteiger partial charge in [0, 0.05) is 11.8 Å². The van der Waals surface area contributed by atoms with Gasteiger partial charge in [0.2, 0.25) is 0 Å². The fourth-order valence-corrected chi connectivity index (χ4v) is 1.85. The Labute approximate surface area is 162 Å². The Kier molecular flexibility index (Phi) is 26.0. The average molecular weight is 536 g/mol. The molecule has 124 valence electrons. The van der Waals surface area contributed by atoms with Crippen molar-refractivity contribution in [3.05, 3.63) is 0 Å². The molecule has 0 aromatic heterocycles. The Morgan fingerprint density at radius 3 is 1.35 bits per heavy atom. The summed E-state index contributed by atoms with van der Waals surface area (Å²) in [5.74, 6) is 0. The topological polar surface area (TPSA) is 40.5 Å². The molecule has 0 aliphatic heterocycles. The molecule has 2 N–H and O–H groups in total. The second-order valence-electron chi connectivity index (χ2n) is 5.31. The van der Waals surface area contributed by atoms with Gasteiger partial charge in [-0.3, -0.25) is 0 Å². The van der Waals surface area contributed by atoms with Crippen LogP contribution in [0.5, 0.6) is 0 Å². The normalized spacial score (nSPS) is 11.8. The molecule has 0 aromatic rings. The number of rotatable bonds is 3. The molecule has 0 fully saturated rings. The number of aliphatic hydroxyl groups is 2. The molecule has 0 saturated carbocycles. The van der Waals surface area contributed by atoms with Crippen LogP contribution in [0, 0.1) is 5.41 Å². The first kappa shape index (κ1) is 30.9. The number of hydrogen-bond donors (Lipinski definition) is 2. The Hall–Kier alpha value is 3.02. The van der Waals surface area contributed by atoms with Crippen molar-refractivity contribution < 1.29 is 24.9 Å². The van der Waals surface area contributed by atoms with E-state index in [-0.39, 0.29) is 36.7 Å². The molecular formula is C10H25BCl4IO2PTi. The van der Waals surface area contributed by atoms with E-state index in [4.69, 9.17) is 49.6 Å². The monoisotopic (exact) mass is 534 g/mol. The SMILES string of the molecule is C.CC(C)(C)CO.CC(C)(CO)P(I)[B]Cl.[Cl][Ti]([Cl])[Cl]. The molecule has 0 rings (SSSR count). The summed E-state index contributed by atoms with van der Waals surface area (Å²) in [6.07, 6.45) is 1.64. The summed E-state index contributed by atoms with van der Waals surface area (Å²) in [4.78, 5) is 0. The van der Waals surface area contributed by atoms with Crippen LogP contribution in [-0.2, 0) is 14.7 Å². The minimum atomic E-state index is -1.92. The van der Waals surface area contributed by atoms with Gasteiger partial charge in [0.15, 0.2) is 0 Å². The Bertz CT molecular complexity index is 209. The van der Waals surface area contributed by atoms with Crippen LogP contribution in [0.3, 0.4) is 0 Å². The molecule has 0 aliphatic rings. The van der Waals surface area contributed by atoms with E-state index in [0.717, 1.165) is 0 Å². The van der Waals surface area contributed by atoms with Gasteiger partial charge in [-0.1, -0.05) is 69.5 Å². The number of aliphatic hydroxyl groups excluding tert-OH is 2. The van der Waals surface area contributed by atoms with Gasteiger partial charge in [0.25, 0.3) is 6.41 Å². The van der Waals surface area contributed by atoms with Crippen LogP contribution in [-0.4, -0.2) is 35.0 Å². The van der Waals surface area contributed by atoms with Crippen LogP contribution in [0.1, 0.15) is 42.0 Å². The molecule has 0 heterocycles. The fraction of sp³-hybridized carbons (Fsp3) is 1.00. The molecule has 0 aliphatic carbocycles. The standard InChI is InChI=1S/C5H12O.C4H9BClIOP.CH4.3ClH.Ti/c1-5(2,3)4-6;1-4(2,3-8)9(7)5-6;;;;;/h6H,4H2,1-3H3;8H,3H2,1-2H3;1H4;3*1H;/q;;;;;;+3/p-3. The Morgan fingerprint density at radius 2 is 1.30 bits per heavy atom. The van der Waals surface area contributed by atoms with E-state index >= 15 is 0 Å². The van der Waals surface area contributed by atoms with Gasteiger partial charge in [-0.25, -0.2) is 0 Å². The molecule has 0 spiro atoms. The number of halogens is 5. The summed E-state index contributed by atoms with van der Waals surface area (Å²) in [7, 11) is 14.9. The quantitative estimate of drug-likeness (QED) is 0.261. The van der Waals surface area contributed by atoms with Crippen molar-refractivity contribution in [2.75, 3.05) is 13.2 Å². The summed E-state index contributed by atoms with van der Waals surface area (Å²) < 4.78 is 0. The summed E-state index contributed by atoms with van der Waals surface area (Å²) >= 11 is 5.85. The van der Waals surface area contributed by atoms with Crippen molar-refractivity contribution in [1.82, 2.24) is 0 Å². The first-order chi connectivity index (χ1) is 8.33. The third-order valence-corrected chi connectivity index (χ3v) is 9.32. The molecule has 0 aromatic carbocycles. The summed E-state index contributed by atoms with van der Waals surface area (Å²) in [5.41, 5.74) is -0.264. The first-order valence-electron chi connectivity index (χ1n) is 5.28. The minimum absolute atomic E-state index is 0. The summed E-state index contributed by atoms with van der Waals surface area (Å²) in [6, 6.07) is 0. The molecular weight excluding hydrogens is 510 g/mol. The second-order valence-corrected chi connectivity index (χ2v) is 18.8.